The fourth-order valence-electron chi connectivity index (χ4n) is 4.36. The van der Waals surface area contributed by atoms with Crippen LogP contribution in [0.25, 0.3) is 27.6 Å². The number of nitrogens with two attached hydrogens (primary N) is 1. The molecule has 0 atom stereocenters. The van der Waals surface area contributed by atoms with Crippen molar-refractivity contribution in [2.45, 2.75) is 26.7 Å². The Bertz CT molecular complexity index is 1680. The van der Waals surface area contributed by atoms with Crippen LogP contribution in [0.5, 0.6) is 0 Å². The van der Waals surface area contributed by atoms with Gasteiger partial charge in [-0.05, 0) is 65.9 Å². The number of aromatic nitrogens is 1. The maximum absolute atomic E-state index is 13.1. The van der Waals surface area contributed by atoms with Crippen LogP contribution >= 0.6 is 11.3 Å². The van der Waals surface area contributed by atoms with E-state index >= 15 is 0 Å². The van der Waals surface area contributed by atoms with Gasteiger partial charge >= 0.3 is 0 Å². The second-order valence-electron chi connectivity index (χ2n) is 9.77. The van der Waals surface area contributed by atoms with Crippen molar-refractivity contribution in [1.29, 1.82) is 0 Å². The van der Waals surface area contributed by atoms with Gasteiger partial charge in [0, 0.05) is 22.2 Å². The zero-order valence-corrected chi connectivity index (χ0v) is 22.9. The van der Waals surface area contributed by atoms with Crippen LogP contribution in [0.15, 0.2) is 91.0 Å². The summed E-state index contributed by atoms with van der Waals surface area (Å²) in [6.45, 7) is 6.29. The zero-order valence-electron chi connectivity index (χ0n) is 22.1. The van der Waals surface area contributed by atoms with Crippen LogP contribution in [0.4, 0.5) is 11.4 Å². The predicted molar refractivity (Wildman–Crippen MR) is 162 cm³/mol. The van der Waals surface area contributed by atoms with E-state index in [2.05, 4.69) is 31.3 Å². The molecule has 0 radical (unpaired) electrons. The van der Waals surface area contributed by atoms with Crippen molar-refractivity contribution in [3.8, 4) is 11.3 Å². The molecule has 5 rings (SSSR count). The van der Waals surface area contributed by atoms with Crippen LogP contribution < -0.4 is 11.1 Å². The molecule has 194 valence electrons. The third-order valence-electron chi connectivity index (χ3n) is 6.62. The second-order valence-corrected chi connectivity index (χ2v) is 10.8. The number of benzene rings is 3. The molecule has 1 amide bonds. The van der Waals surface area contributed by atoms with E-state index in [0.717, 1.165) is 27.8 Å². The molecular formula is C33H29N3O2S. The smallest absolute Gasteiger partial charge is 0.267 e. The van der Waals surface area contributed by atoms with Crippen molar-refractivity contribution >= 4 is 50.7 Å². The molecule has 39 heavy (non-hydrogen) atoms. The monoisotopic (exact) mass is 531 g/mol. The van der Waals surface area contributed by atoms with E-state index in [4.69, 9.17) is 10.7 Å². The van der Waals surface area contributed by atoms with Crippen LogP contribution in [0.1, 0.15) is 56.5 Å². The molecule has 0 unspecified atom stereocenters. The summed E-state index contributed by atoms with van der Waals surface area (Å²) >= 11 is 1.27. The van der Waals surface area contributed by atoms with Gasteiger partial charge in [-0.2, -0.15) is 0 Å². The minimum absolute atomic E-state index is 0.106. The standard InChI is InChI=1S/C33H29N3O2S/c1-20(2)23-12-9-22(10-13-23)11-18-28(37)24-14-16-26(17-15-24)35-32(38)31-29(34)27-19-21(3)30(36-33(27)39-31)25-7-5-4-6-8-25/h4-20H,34H2,1-3H3,(H,35,38)/b18-11+. The molecule has 2 heterocycles. The van der Waals surface area contributed by atoms with Crippen molar-refractivity contribution in [3.05, 3.63) is 118 Å². The number of nitrogens with zero attached hydrogens (tertiary/aromatic N) is 1. The number of anilines is 2. The molecule has 3 aromatic carbocycles. The summed E-state index contributed by atoms with van der Waals surface area (Å²) in [5.74, 6) is 0.0517. The average Bonchev–Trinajstić information content (AvgIpc) is 3.27. The number of nitrogens with one attached hydrogen (secondary N) is 1. The maximum Gasteiger partial charge on any atom is 0.267 e. The predicted octanol–water partition coefficient (Wildman–Crippen LogP) is 8.13. The van der Waals surface area contributed by atoms with Gasteiger partial charge in [-0.25, -0.2) is 4.98 Å². The van der Waals surface area contributed by atoms with Crippen molar-refractivity contribution in [3.63, 3.8) is 0 Å². The van der Waals surface area contributed by atoms with Crippen LogP contribution in [-0.4, -0.2) is 16.7 Å². The van der Waals surface area contributed by atoms with Gasteiger partial charge in [-0.1, -0.05) is 74.5 Å². The van der Waals surface area contributed by atoms with Gasteiger partial charge in [0.2, 0.25) is 0 Å². The van der Waals surface area contributed by atoms with E-state index in [-0.39, 0.29) is 11.7 Å². The number of hydrogen-bond donors (Lipinski definition) is 2. The molecule has 0 aliphatic rings. The van der Waals surface area contributed by atoms with Gasteiger partial charge in [0.05, 0.1) is 11.4 Å². The molecule has 2 aromatic heterocycles. The van der Waals surface area contributed by atoms with Gasteiger partial charge < -0.3 is 11.1 Å². The summed E-state index contributed by atoms with van der Waals surface area (Å²) in [5.41, 5.74) is 13.0. The molecule has 0 aliphatic heterocycles. The second kappa shape index (κ2) is 11.1. The minimum atomic E-state index is -0.307. The quantitative estimate of drug-likeness (QED) is 0.164. The van der Waals surface area contributed by atoms with Crippen molar-refractivity contribution in [1.82, 2.24) is 4.98 Å². The number of aryl methyl sites for hydroxylation is 1. The Kier molecular flexibility index (Phi) is 7.39. The van der Waals surface area contributed by atoms with Crippen molar-refractivity contribution in [2.24, 2.45) is 0 Å². The first-order chi connectivity index (χ1) is 18.8. The molecule has 6 heteroatoms. The lowest BCUT2D eigenvalue weighted by molar-refractivity contribution is 0.102. The molecule has 5 aromatic rings. The Balaban J connectivity index is 1.29. The molecule has 0 spiro atoms. The Hall–Kier alpha value is -4.55. The maximum atomic E-state index is 13.1. The number of hydrogen-bond acceptors (Lipinski definition) is 5. The summed E-state index contributed by atoms with van der Waals surface area (Å²) < 4.78 is 0. The topological polar surface area (TPSA) is 85.1 Å². The highest BCUT2D eigenvalue weighted by Crippen LogP contribution is 2.36. The van der Waals surface area contributed by atoms with Gasteiger partial charge in [0.15, 0.2) is 5.78 Å². The van der Waals surface area contributed by atoms with E-state index in [1.54, 1.807) is 30.3 Å². The van der Waals surface area contributed by atoms with E-state index in [0.29, 0.717) is 32.6 Å². The SMILES string of the molecule is Cc1cc2c(N)c(C(=O)Nc3ccc(C(=O)/C=C/c4ccc(C(C)C)cc4)cc3)sc2nc1-c1ccccc1. The van der Waals surface area contributed by atoms with Gasteiger partial charge in [0.25, 0.3) is 5.91 Å². The van der Waals surface area contributed by atoms with E-state index < -0.39 is 0 Å². The summed E-state index contributed by atoms with van der Waals surface area (Å²) in [5, 5.41) is 3.67. The number of pyridine rings is 1. The molecule has 0 saturated heterocycles. The summed E-state index contributed by atoms with van der Waals surface area (Å²) in [4.78, 5) is 31.7. The molecular weight excluding hydrogens is 502 g/mol. The highest BCUT2D eigenvalue weighted by Gasteiger charge is 2.19. The lowest BCUT2D eigenvalue weighted by Gasteiger charge is -2.06. The Labute approximate surface area is 232 Å². The largest absolute Gasteiger partial charge is 0.397 e. The molecule has 0 fully saturated rings. The fourth-order valence-corrected chi connectivity index (χ4v) is 5.34. The van der Waals surface area contributed by atoms with Crippen molar-refractivity contribution in [2.75, 3.05) is 11.1 Å². The zero-order chi connectivity index (χ0) is 27.5. The number of amides is 1. The highest BCUT2D eigenvalue weighted by atomic mass is 32.1. The Morgan fingerprint density at radius 1 is 0.949 bits per heavy atom. The third-order valence-corrected chi connectivity index (χ3v) is 7.74. The molecule has 3 N–H and O–H groups in total. The number of rotatable bonds is 7. The fraction of sp³-hybridized carbons (Fsp3) is 0.121. The van der Waals surface area contributed by atoms with Crippen LogP contribution in [-0.2, 0) is 0 Å². The lowest BCUT2D eigenvalue weighted by Crippen LogP contribution is -2.12. The molecule has 0 saturated carbocycles. The first-order valence-corrected chi connectivity index (χ1v) is 13.6. The van der Waals surface area contributed by atoms with Crippen LogP contribution in [0.3, 0.4) is 0 Å². The summed E-state index contributed by atoms with van der Waals surface area (Å²) in [7, 11) is 0. The number of fused-ring (bicyclic) bond motifs is 1. The van der Waals surface area contributed by atoms with Crippen molar-refractivity contribution < 1.29 is 9.59 Å². The van der Waals surface area contributed by atoms with Gasteiger partial charge in [0.1, 0.15) is 9.71 Å². The van der Waals surface area contributed by atoms with Crippen LogP contribution in [0.2, 0.25) is 0 Å². The highest BCUT2D eigenvalue weighted by molar-refractivity contribution is 7.21. The summed E-state index contributed by atoms with van der Waals surface area (Å²) in [6, 6.07) is 27.0. The van der Waals surface area contributed by atoms with Gasteiger partial charge in [-0.3, -0.25) is 9.59 Å². The van der Waals surface area contributed by atoms with Crippen LogP contribution in [0, 0.1) is 6.92 Å². The average molecular weight is 532 g/mol. The minimum Gasteiger partial charge on any atom is -0.397 e. The first-order valence-electron chi connectivity index (χ1n) is 12.8. The molecule has 0 aliphatic carbocycles. The van der Waals surface area contributed by atoms with E-state index in [1.807, 2.05) is 61.5 Å². The van der Waals surface area contributed by atoms with E-state index in [9.17, 15) is 9.59 Å². The summed E-state index contributed by atoms with van der Waals surface area (Å²) in [6.07, 6.45) is 3.37. The molecule has 5 nitrogen and oxygen atoms in total. The number of thiophene rings is 1. The van der Waals surface area contributed by atoms with E-state index in [1.165, 1.54) is 16.9 Å². The normalized spacial score (nSPS) is 11.4. The van der Waals surface area contributed by atoms with Gasteiger partial charge in [-0.15, -0.1) is 11.3 Å². The number of ketones is 1. The number of nitrogen functional groups attached to an aromatic ring is 1. The number of carbonyl (C=O) groups is 2. The first kappa shape index (κ1) is 26.1. The Morgan fingerprint density at radius 2 is 1.64 bits per heavy atom. The Morgan fingerprint density at radius 3 is 2.31 bits per heavy atom. The number of carbonyl (C=O) groups excluding carboxylic acids is 2. The number of allylic oxidation sites excluding steroid dienone is 1. The lowest BCUT2D eigenvalue weighted by atomic mass is 10.0. The third kappa shape index (κ3) is 5.66. The molecule has 0 bridgehead atoms.